The van der Waals surface area contributed by atoms with E-state index in [1.54, 1.807) is 12.1 Å². The van der Waals surface area contributed by atoms with Crippen LogP contribution in [0.1, 0.15) is 16.7 Å². The van der Waals surface area contributed by atoms with Crippen molar-refractivity contribution in [1.82, 2.24) is 4.72 Å². The average Bonchev–Trinajstić information content (AvgIpc) is 2.62. The van der Waals surface area contributed by atoms with Crippen LogP contribution in [0.2, 0.25) is 0 Å². The molecule has 2 rings (SSSR count). The van der Waals surface area contributed by atoms with Gasteiger partial charge in [-0.05, 0) is 55.7 Å². The Kier molecular flexibility index (Phi) is 6.50. The second-order valence-corrected chi connectivity index (χ2v) is 7.70. The Balaban J connectivity index is 2.04. The summed E-state index contributed by atoms with van der Waals surface area (Å²) in [5, 5.41) is 0. The molecule has 0 fully saturated rings. The van der Waals surface area contributed by atoms with Crippen LogP contribution >= 0.6 is 0 Å². The first-order valence-corrected chi connectivity index (χ1v) is 9.69. The maximum Gasteiger partial charge on any atom is 0.244 e. The SMILES string of the molecule is COc1ccc(OC)c(S(=O)(=O)NCCOc2cc(C)c(C)cc2C)c1. The molecular weight excluding hydrogens is 354 g/mol. The lowest BCUT2D eigenvalue weighted by molar-refractivity contribution is 0.320. The van der Waals surface area contributed by atoms with Crippen LogP contribution in [0.25, 0.3) is 0 Å². The van der Waals surface area contributed by atoms with Gasteiger partial charge in [0.05, 0.1) is 14.2 Å². The van der Waals surface area contributed by atoms with Crippen LogP contribution in [0.5, 0.6) is 17.2 Å². The molecule has 0 aromatic heterocycles. The molecule has 0 bridgehead atoms. The molecule has 0 unspecified atom stereocenters. The van der Waals surface area contributed by atoms with Crippen LogP contribution in [0, 0.1) is 20.8 Å². The second kappa shape index (κ2) is 8.42. The largest absolute Gasteiger partial charge is 0.497 e. The van der Waals surface area contributed by atoms with Crippen LogP contribution in [-0.4, -0.2) is 35.8 Å². The first-order valence-electron chi connectivity index (χ1n) is 8.21. The predicted octanol–water partition coefficient (Wildman–Crippen LogP) is 2.99. The Bertz CT molecular complexity index is 878. The number of aryl methyl sites for hydroxylation is 3. The van der Waals surface area contributed by atoms with Crippen molar-refractivity contribution in [3.05, 3.63) is 47.0 Å². The van der Waals surface area contributed by atoms with E-state index in [1.807, 2.05) is 26.8 Å². The molecule has 2 aromatic rings. The topological polar surface area (TPSA) is 73.9 Å². The van der Waals surface area contributed by atoms with Crippen LogP contribution < -0.4 is 18.9 Å². The summed E-state index contributed by atoms with van der Waals surface area (Å²) < 4.78 is 43.6. The third-order valence-electron chi connectivity index (χ3n) is 4.10. The normalized spacial score (nSPS) is 11.3. The molecule has 6 nitrogen and oxygen atoms in total. The van der Waals surface area contributed by atoms with E-state index >= 15 is 0 Å². The standard InChI is InChI=1S/C19H25NO5S/c1-13-10-15(3)18(11-14(13)2)25-9-8-20-26(21,22)19-12-16(23-4)6-7-17(19)24-5/h6-7,10-12,20H,8-9H2,1-5H3. The smallest absolute Gasteiger partial charge is 0.244 e. The van der Waals surface area contributed by atoms with Gasteiger partial charge in [-0.15, -0.1) is 0 Å². The fraction of sp³-hybridized carbons (Fsp3) is 0.368. The Labute approximate surface area is 155 Å². The molecule has 0 spiro atoms. The van der Waals surface area contributed by atoms with Crippen molar-refractivity contribution in [2.45, 2.75) is 25.7 Å². The van der Waals surface area contributed by atoms with E-state index in [1.165, 1.54) is 25.8 Å². The summed E-state index contributed by atoms with van der Waals surface area (Å²) in [6.45, 7) is 6.37. The highest BCUT2D eigenvalue weighted by atomic mass is 32.2. The molecule has 0 saturated carbocycles. The number of benzene rings is 2. The Morgan fingerprint density at radius 3 is 2.23 bits per heavy atom. The Morgan fingerprint density at radius 1 is 0.885 bits per heavy atom. The number of sulfonamides is 1. The fourth-order valence-corrected chi connectivity index (χ4v) is 3.69. The molecule has 26 heavy (non-hydrogen) atoms. The monoisotopic (exact) mass is 379 g/mol. The minimum absolute atomic E-state index is 0.0294. The molecule has 1 N–H and O–H groups in total. The van der Waals surface area contributed by atoms with E-state index in [0.29, 0.717) is 5.75 Å². The third kappa shape index (κ3) is 4.68. The van der Waals surface area contributed by atoms with Crippen molar-refractivity contribution in [2.75, 3.05) is 27.4 Å². The number of methoxy groups -OCH3 is 2. The van der Waals surface area contributed by atoms with Crippen LogP contribution in [0.4, 0.5) is 0 Å². The highest BCUT2D eigenvalue weighted by molar-refractivity contribution is 7.89. The summed E-state index contributed by atoms with van der Waals surface area (Å²) >= 11 is 0. The molecule has 0 aliphatic rings. The maximum atomic E-state index is 12.6. The molecule has 0 heterocycles. The molecule has 7 heteroatoms. The van der Waals surface area contributed by atoms with Crippen LogP contribution in [0.3, 0.4) is 0 Å². The van der Waals surface area contributed by atoms with Crippen molar-refractivity contribution < 1.29 is 22.6 Å². The van der Waals surface area contributed by atoms with Crippen molar-refractivity contribution in [3.8, 4) is 17.2 Å². The van der Waals surface area contributed by atoms with Gasteiger partial charge in [0.1, 0.15) is 28.8 Å². The van der Waals surface area contributed by atoms with E-state index in [0.717, 1.165) is 16.9 Å². The van der Waals surface area contributed by atoms with Gasteiger partial charge in [-0.1, -0.05) is 6.07 Å². The molecule has 142 valence electrons. The number of hydrogen-bond donors (Lipinski definition) is 1. The van der Waals surface area contributed by atoms with Crippen LogP contribution in [0.15, 0.2) is 35.2 Å². The molecule has 0 aliphatic heterocycles. The lowest BCUT2D eigenvalue weighted by Gasteiger charge is -2.14. The van der Waals surface area contributed by atoms with Gasteiger partial charge < -0.3 is 14.2 Å². The molecule has 0 aliphatic carbocycles. The zero-order valence-corrected chi connectivity index (χ0v) is 16.6. The maximum absolute atomic E-state index is 12.6. The lowest BCUT2D eigenvalue weighted by atomic mass is 10.1. The molecule has 0 radical (unpaired) electrons. The van der Waals surface area contributed by atoms with E-state index in [2.05, 4.69) is 10.8 Å². The summed E-state index contributed by atoms with van der Waals surface area (Å²) in [6.07, 6.45) is 0. The van der Waals surface area contributed by atoms with Gasteiger partial charge in [0, 0.05) is 12.6 Å². The lowest BCUT2D eigenvalue weighted by Crippen LogP contribution is -2.28. The molecule has 0 atom stereocenters. The van der Waals surface area contributed by atoms with Crippen molar-refractivity contribution >= 4 is 10.0 Å². The van der Waals surface area contributed by atoms with E-state index in [-0.39, 0.29) is 23.8 Å². The van der Waals surface area contributed by atoms with Crippen molar-refractivity contribution in [3.63, 3.8) is 0 Å². The van der Waals surface area contributed by atoms with Crippen molar-refractivity contribution in [1.29, 1.82) is 0 Å². The Morgan fingerprint density at radius 2 is 1.58 bits per heavy atom. The summed E-state index contributed by atoms with van der Waals surface area (Å²) in [5.74, 6) is 1.45. The predicted molar refractivity (Wildman–Crippen MR) is 101 cm³/mol. The van der Waals surface area contributed by atoms with Crippen LogP contribution in [-0.2, 0) is 10.0 Å². The zero-order valence-electron chi connectivity index (χ0n) is 15.8. The minimum Gasteiger partial charge on any atom is -0.497 e. The molecule has 2 aromatic carbocycles. The first-order chi connectivity index (χ1) is 12.3. The summed E-state index contributed by atoms with van der Waals surface area (Å²) in [6, 6.07) is 8.64. The highest BCUT2D eigenvalue weighted by Gasteiger charge is 2.20. The van der Waals surface area contributed by atoms with E-state index < -0.39 is 10.0 Å². The van der Waals surface area contributed by atoms with E-state index in [9.17, 15) is 8.42 Å². The summed E-state index contributed by atoms with van der Waals surface area (Å²) in [5.41, 5.74) is 3.35. The second-order valence-electron chi connectivity index (χ2n) is 5.96. The quantitative estimate of drug-likeness (QED) is 0.714. The molecular formula is C19H25NO5S. The van der Waals surface area contributed by atoms with Gasteiger partial charge in [-0.3, -0.25) is 0 Å². The molecule has 0 amide bonds. The van der Waals surface area contributed by atoms with Gasteiger partial charge in [0.15, 0.2) is 0 Å². The van der Waals surface area contributed by atoms with E-state index in [4.69, 9.17) is 14.2 Å². The Hall–Kier alpha value is -2.25. The van der Waals surface area contributed by atoms with Gasteiger partial charge in [-0.25, -0.2) is 13.1 Å². The van der Waals surface area contributed by atoms with Gasteiger partial charge >= 0.3 is 0 Å². The number of hydrogen-bond acceptors (Lipinski definition) is 5. The number of rotatable bonds is 8. The van der Waals surface area contributed by atoms with Crippen molar-refractivity contribution in [2.24, 2.45) is 0 Å². The average molecular weight is 379 g/mol. The first kappa shape index (κ1) is 20.1. The molecule has 0 saturated heterocycles. The highest BCUT2D eigenvalue weighted by Crippen LogP contribution is 2.28. The fourth-order valence-electron chi connectivity index (χ4n) is 2.50. The van der Waals surface area contributed by atoms with Gasteiger partial charge in [0.2, 0.25) is 10.0 Å². The summed E-state index contributed by atoms with van der Waals surface area (Å²) in [7, 11) is -0.849. The number of nitrogens with one attached hydrogen (secondary N) is 1. The van der Waals surface area contributed by atoms with Gasteiger partial charge in [-0.2, -0.15) is 0 Å². The van der Waals surface area contributed by atoms with Gasteiger partial charge in [0.25, 0.3) is 0 Å². The number of ether oxygens (including phenoxy) is 3. The minimum atomic E-state index is -3.75. The zero-order chi connectivity index (χ0) is 19.3. The third-order valence-corrected chi connectivity index (χ3v) is 5.59. The summed E-state index contributed by atoms with van der Waals surface area (Å²) in [4.78, 5) is 0.0294.